The van der Waals surface area contributed by atoms with Gasteiger partial charge in [0.05, 0.1) is 17.9 Å². The summed E-state index contributed by atoms with van der Waals surface area (Å²) in [6, 6.07) is 8.83. The lowest BCUT2D eigenvalue weighted by molar-refractivity contribution is -0.0585. The van der Waals surface area contributed by atoms with Crippen molar-refractivity contribution in [3.8, 4) is 0 Å². The van der Waals surface area contributed by atoms with Crippen molar-refractivity contribution in [2.24, 2.45) is 5.92 Å². The first-order valence-corrected chi connectivity index (χ1v) is 9.50. The molecule has 3 fully saturated rings. The van der Waals surface area contributed by atoms with Gasteiger partial charge in [-0.05, 0) is 36.9 Å². The quantitative estimate of drug-likeness (QED) is 0.633. The maximum Gasteiger partial charge on any atom is 0.0883 e. The number of aliphatic hydroxyl groups is 1. The van der Waals surface area contributed by atoms with Crippen LogP contribution in [0.15, 0.2) is 24.3 Å². The smallest absolute Gasteiger partial charge is 0.0883 e. The fraction of sp³-hybridized carbons (Fsp3) is 0.684. The molecule has 5 rings (SSSR count). The van der Waals surface area contributed by atoms with Crippen molar-refractivity contribution in [3.63, 3.8) is 0 Å². The summed E-state index contributed by atoms with van der Waals surface area (Å²) in [5.74, 6) is 0.590. The van der Waals surface area contributed by atoms with Gasteiger partial charge in [0.1, 0.15) is 0 Å². The summed E-state index contributed by atoms with van der Waals surface area (Å²) in [6.07, 6.45) is 5.93. The van der Waals surface area contributed by atoms with Crippen molar-refractivity contribution in [2.45, 2.75) is 56.1 Å². The molecule has 4 N–H and O–H groups in total. The summed E-state index contributed by atoms with van der Waals surface area (Å²) in [5, 5.41) is 22.4. The normalized spacial score (nSPS) is 38.2. The second-order valence-corrected chi connectivity index (χ2v) is 8.04. The van der Waals surface area contributed by atoms with Gasteiger partial charge in [-0.2, -0.15) is 0 Å². The zero-order chi connectivity index (χ0) is 16.1. The Morgan fingerprint density at radius 1 is 1.04 bits per heavy atom. The van der Waals surface area contributed by atoms with Gasteiger partial charge in [0.15, 0.2) is 0 Å². The maximum absolute atomic E-state index is 11.6. The molecule has 1 aliphatic carbocycles. The van der Waals surface area contributed by atoms with E-state index in [4.69, 9.17) is 0 Å². The first-order valence-electron chi connectivity index (χ1n) is 9.50. The van der Waals surface area contributed by atoms with Crippen LogP contribution in [0.25, 0.3) is 0 Å². The van der Waals surface area contributed by atoms with Gasteiger partial charge in [-0.1, -0.05) is 24.3 Å². The van der Waals surface area contributed by atoms with Gasteiger partial charge in [0.25, 0.3) is 0 Å². The monoisotopic (exact) mass is 328 g/mol. The number of benzene rings is 1. The molecule has 0 saturated carbocycles. The minimum absolute atomic E-state index is 0.266. The number of hydrogen-bond acceptors (Lipinski definition) is 5. The fourth-order valence-electron chi connectivity index (χ4n) is 5.63. The lowest BCUT2D eigenvalue weighted by Gasteiger charge is -2.46. The lowest BCUT2D eigenvalue weighted by Crippen LogP contribution is -2.67. The van der Waals surface area contributed by atoms with Crippen molar-refractivity contribution >= 4 is 0 Å². The molecule has 5 nitrogen and oxygen atoms in total. The summed E-state index contributed by atoms with van der Waals surface area (Å²) in [7, 11) is 0. The van der Waals surface area contributed by atoms with E-state index in [9.17, 15) is 5.11 Å². The predicted molar refractivity (Wildman–Crippen MR) is 93.4 cm³/mol. The Bertz CT molecular complexity index is 596. The van der Waals surface area contributed by atoms with Crippen LogP contribution < -0.4 is 16.0 Å². The third kappa shape index (κ3) is 2.34. The predicted octanol–water partition coefficient (Wildman–Crippen LogP) is 0.393. The van der Waals surface area contributed by atoms with Crippen LogP contribution in [-0.2, 0) is 12.8 Å². The molecular weight excluding hydrogens is 300 g/mol. The Kier molecular flexibility index (Phi) is 3.68. The molecule has 0 radical (unpaired) electrons. The molecular formula is C19H28N4O. The molecule has 5 heteroatoms. The molecule has 3 saturated heterocycles. The number of nitrogens with one attached hydrogen (secondary N) is 3. The van der Waals surface area contributed by atoms with Crippen molar-refractivity contribution in [3.05, 3.63) is 35.4 Å². The summed E-state index contributed by atoms with van der Waals surface area (Å²) < 4.78 is 0. The molecule has 24 heavy (non-hydrogen) atoms. The summed E-state index contributed by atoms with van der Waals surface area (Å²) in [4.78, 5) is 2.59. The number of likely N-dealkylation sites (tertiary alicyclic amines) is 1. The maximum atomic E-state index is 11.6. The van der Waals surface area contributed by atoms with Crippen LogP contribution in [-0.4, -0.2) is 53.7 Å². The molecule has 3 unspecified atom stereocenters. The first-order chi connectivity index (χ1) is 11.7. The molecule has 3 aliphatic heterocycles. The van der Waals surface area contributed by atoms with Crippen LogP contribution in [0, 0.1) is 5.92 Å². The summed E-state index contributed by atoms with van der Waals surface area (Å²) in [5.41, 5.74) is 2.07. The van der Waals surface area contributed by atoms with Crippen molar-refractivity contribution in [2.75, 3.05) is 19.8 Å². The topological polar surface area (TPSA) is 59.6 Å². The van der Waals surface area contributed by atoms with Crippen molar-refractivity contribution < 1.29 is 5.11 Å². The van der Waals surface area contributed by atoms with Crippen LogP contribution >= 0.6 is 0 Å². The molecule has 0 bridgehead atoms. The minimum atomic E-state index is -0.603. The Balaban J connectivity index is 1.40. The van der Waals surface area contributed by atoms with E-state index in [1.165, 1.54) is 24.0 Å². The minimum Gasteiger partial charge on any atom is -0.388 e. The molecule has 0 amide bonds. The molecule has 1 aromatic carbocycles. The van der Waals surface area contributed by atoms with Gasteiger partial charge < -0.3 is 10.4 Å². The SMILES string of the molecule is OC1([C@H]2CCCN2C2NCNC3NCCC32)Cc2ccccc2C1. The Morgan fingerprint density at radius 2 is 1.83 bits per heavy atom. The molecule has 4 aliphatic rings. The lowest BCUT2D eigenvalue weighted by atomic mass is 9.87. The molecule has 4 atom stereocenters. The second kappa shape index (κ2) is 5.78. The van der Waals surface area contributed by atoms with Crippen molar-refractivity contribution in [1.82, 2.24) is 20.9 Å². The van der Waals surface area contributed by atoms with Crippen LogP contribution in [0.4, 0.5) is 0 Å². The average molecular weight is 328 g/mol. The van der Waals surface area contributed by atoms with E-state index in [2.05, 4.69) is 45.1 Å². The van der Waals surface area contributed by atoms with E-state index in [0.29, 0.717) is 18.2 Å². The van der Waals surface area contributed by atoms with Gasteiger partial charge in [-0.25, -0.2) is 0 Å². The van der Waals surface area contributed by atoms with E-state index in [-0.39, 0.29) is 6.04 Å². The number of nitrogens with zero attached hydrogens (tertiary/aromatic N) is 1. The standard InChI is InChI=1S/C19H28N4O/c24-19(10-13-4-1-2-5-14(13)11-19)16-6-3-9-23(16)18-15-7-8-20-17(15)21-12-22-18/h1-2,4-5,15-18,20-22,24H,3,6-12H2/t15?,16-,17?,18?/m1/s1. The van der Waals surface area contributed by atoms with E-state index >= 15 is 0 Å². The number of hydrogen-bond donors (Lipinski definition) is 4. The van der Waals surface area contributed by atoms with E-state index in [1.807, 2.05) is 0 Å². The highest BCUT2D eigenvalue weighted by molar-refractivity contribution is 5.36. The van der Waals surface area contributed by atoms with Gasteiger partial charge in [-0.3, -0.25) is 15.5 Å². The molecule has 0 spiro atoms. The van der Waals surface area contributed by atoms with Crippen LogP contribution in [0.2, 0.25) is 0 Å². The van der Waals surface area contributed by atoms with Gasteiger partial charge in [0.2, 0.25) is 0 Å². The van der Waals surface area contributed by atoms with E-state index in [0.717, 1.165) is 39.0 Å². The van der Waals surface area contributed by atoms with Crippen LogP contribution in [0.5, 0.6) is 0 Å². The third-order valence-corrected chi connectivity index (χ3v) is 6.69. The Hall–Kier alpha value is -0.980. The molecule has 1 aromatic rings. The summed E-state index contributed by atoms with van der Waals surface area (Å²) in [6.45, 7) is 3.04. The second-order valence-electron chi connectivity index (χ2n) is 8.04. The fourth-order valence-corrected chi connectivity index (χ4v) is 5.63. The van der Waals surface area contributed by atoms with E-state index < -0.39 is 5.60 Å². The molecule has 0 aromatic heterocycles. The van der Waals surface area contributed by atoms with Crippen molar-refractivity contribution in [1.29, 1.82) is 0 Å². The molecule has 3 heterocycles. The Labute approximate surface area is 143 Å². The largest absolute Gasteiger partial charge is 0.388 e. The third-order valence-electron chi connectivity index (χ3n) is 6.69. The van der Waals surface area contributed by atoms with Gasteiger partial charge in [-0.15, -0.1) is 0 Å². The number of rotatable bonds is 2. The molecule has 130 valence electrons. The van der Waals surface area contributed by atoms with E-state index in [1.54, 1.807) is 0 Å². The summed E-state index contributed by atoms with van der Waals surface area (Å²) >= 11 is 0. The highest BCUT2D eigenvalue weighted by Gasteiger charge is 2.50. The first kappa shape index (κ1) is 15.3. The zero-order valence-corrected chi connectivity index (χ0v) is 14.2. The van der Waals surface area contributed by atoms with Gasteiger partial charge >= 0.3 is 0 Å². The number of fused-ring (bicyclic) bond motifs is 2. The zero-order valence-electron chi connectivity index (χ0n) is 14.2. The van der Waals surface area contributed by atoms with Crippen LogP contribution in [0.1, 0.15) is 30.4 Å². The van der Waals surface area contributed by atoms with Crippen LogP contribution in [0.3, 0.4) is 0 Å². The Morgan fingerprint density at radius 3 is 2.62 bits per heavy atom. The highest BCUT2D eigenvalue weighted by Crippen LogP contribution is 2.40. The van der Waals surface area contributed by atoms with Gasteiger partial charge in [0, 0.05) is 38.0 Å². The average Bonchev–Trinajstić information content (AvgIpc) is 3.31. The highest BCUT2D eigenvalue weighted by atomic mass is 16.3.